The molecule has 0 aliphatic rings. The van der Waals surface area contributed by atoms with Gasteiger partial charge in [0, 0.05) is 21.5 Å². The molecule has 0 atom stereocenters. The van der Waals surface area contributed by atoms with Crippen LogP contribution in [0.3, 0.4) is 0 Å². The van der Waals surface area contributed by atoms with Crippen LogP contribution in [0, 0.1) is 27.7 Å². The zero-order valence-corrected chi connectivity index (χ0v) is 40.7. The highest BCUT2D eigenvalue weighted by atomic mass is 19.4. The lowest BCUT2D eigenvalue weighted by atomic mass is 9.98. The SMILES string of the molecule is Cc1ccccc1-c1ccc2c3ccc(-c4ccccc4C)cc3n(-c3cc(-c4cc(C(F)(F)F)cc(C(F)(F)F)c4)cc(-n4c5cc(-c6ccccc6C)ccc5c5ccc(-c6ccccc6C)cc54)n3)c2c1. The van der Waals surface area contributed by atoms with E-state index in [9.17, 15) is 26.3 Å². The maximum absolute atomic E-state index is 14.8. The molecule has 9 aromatic carbocycles. The van der Waals surface area contributed by atoms with Crippen LogP contribution >= 0.6 is 0 Å². The van der Waals surface area contributed by atoms with Gasteiger partial charge in [0.2, 0.25) is 0 Å². The zero-order valence-electron chi connectivity index (χ0n) is 40.7. The van der Waals surface area contributed by atoms with Crippen molar-refractivity contribution in [1.82, 2.24) is 14.1 Å². The van der Waals surface area contributed by atoms with Crippen LogP contribution in [-0.2, 0) is 12.4 Å². The molecular formula is C65H45F6N3. The Morgan fingerprint density at radius 3 is 0.838 bits per heavy atom. The highest BCUT2D eigenvalue weighted by Gasteiger charge is 2.37. The lowest BCUT2D eigenvalue weighted by molar-refractivity contribution is -0.143. The molecular weight excluding hydrogens is 937 g/mol. The Balaban J connectivity index is 1.24. The van der Waals surface area contributed by atoms with Gasteiger partial charge in [0.25, 0.3) is 0 Å². The van der Waals surface area contributed by atoms with Gasteiger partial charge in [-0.25, -0.2) is 4.98 Å². The summed E-state index contributed by atoms with van der Waals surface area (Å²) >= 11 is 0. The molecule has 3 aromatic heterocycles. The van der Waals surface area contributed by atoms with E-state index in [2.05, 4.69) is 97.1 Å². The van der Waals surface area contributed by atoms with E-state index in [1.807, 2.05) is 110 Å². The smallest absolute Gasteiger partial charge is 0.294 e. The predicted molar refractivity (Wildman–Crippen MR) is 289 cm³/mol. The van der Waals surface area contributed by atoms with Crippen molar-refractivity contribution in [2.45, 2.75) is 40.0 Å². The summed E-state index contributed by atoms with van der Waals surface area (Å²) in [6.45, 7) is 8.19. The van der Waals surface area contributed by atoms with E-state index in [0.29, 0.717) is 11.6 Å². The Kier molecular flexibility index (Phi) is 11.0. The third-order valence-corrected chi connectivity index (χ3v) is 14.5. The van der Waals surface area contributed by atoms with Crippen molar-refractivity contribution in [1.29, 1.82) is 0 Å². The Hall–Kier alpha value is -8.69. The number of aromatic nitrogens is 3. The summed E-state index contributed by atoms with van der Waals surface area (Å²) in [7, 11) is 0. The highest BCUT2D eigenvalue weighted by molar-refractivity contribution is 6.13. The molecule has 3 nitrogen and oxygen atoms in total. The number of fused-ring (bicyclic) bond motifs is 6. The van der Waals surface area contributed by atoms with Crippen LogP contribution in [0.5, 0.6) is 0 Å². The van der Waals surface area contributed by atoms with Gasteiger partial charge in [-0.15, -0.1) is 0 Å². The van der Waals surface area contributed by atoms with Crippen molar-refractivity contribution >= 4 is 43.6 Å². The minimum atomic E-state index is -5.08. The van der Waals surface area contributed by atoms with E-state index in [0.717, 1.165) is 123 Å². The number of hydrogen-bond donors (Lipinski definition) is 0. The zero-order chi connectivity index (χ0) is 51.2. The minimum absolute atomic E-state index is 0.113. The third kappa shape index (κ3) is 8.00. The average molecular weight is 982 g/mol. The molecule has 0 aliphatic heterocycles. The van der Waals surface area contributed by atoms with E-state index in [1.165, 1.54) is 0 Å². The summed E-state index contributed by atoms with van der Waals surface area (Å²) in [5.74, 6) is 0.597. The predicted octanol–water partition coefficient (Wildman–Crippen LogP) is 18.9. The average Bonchev–Trinajstić information content (AvgIpc) is 3.90. The molecule has 0 bridgehead atoms. The number of aryl methyl sites for hydroxylation is 4. The van der Waals surface area contributed by atoms with Crippen LogP contribution in [0.15, 0.2) is 200 Å². The van der Waals surface area contributed by atoms with Gasteiger partial charge in [0.1, 0.15) is 11.6 Å². The molecule has 0 N–H and O–H groups in total. The monoisotopic (exact) mass is 981 g/mol. The first-order chi connectivity index (χ1) is 35.6. The van der Waals surface area contributed by atoms with Gasteiger partial charge in [-0.3, -0.25) is 9.13 Å². The fourth-order valence-corrected chi connectivity index (χ4v) is 10.8. The maximum atomic E-state index is 14.8. The second kappa shape index (κ2) is 17.5. The molecule has 362 valence electrons. The first-order valence-corrected chi connectivity index (χ1v) is 24.3. The van der Waals surface area contributed by atoms with Crippen LogP contribution < -0.4 is 0 Å². The van der Waals surface area contributed by atoms with Crippen molar-refractivity contribution in [3.05, 3.63) is 234 Å². The molecule has 9 heteroatoms. The van der Waals surface area contributed by atoms with Crippen molar-refractivity contribution in [2.75, 3.05) is 0 Å². The summed E-state index contributed by atoms with van der Waals surface area (Å²) < 4.78 is 92.8. The highest BCUT2D eigenvalue weighted by Crippen LogP contribution is 2.44. The van der Waals surface area contributed by atoms with E-state index in [4.69, 9.17) is 4.98 Å². The quantitative estimate of drug-likeness (QED) is 0.146. The van der Waals surface area contributed by atoms with E-state index in [-0.39, 0.29) is 17.2 Å². The Morgan fingerprint density at radius 1 is 0.297 bits per heavy atom. The van der Waals surface area contributed by atoms with Crippen LogP contribution in [-0.4, -0.2) is 14.1 Å². The Bertz CT molecular complexity index is 3760. The van der Waals surface area contributed by atoms with Gasteiger partial charge in [-0.2, -0.15) is 26.3 Å². The van der Waals surface area contributed by atoms with Crippen LogP contribution in [0.1, 0.15) is 33.4 Å². The molecule has 0 unspecified atom stereocenters. The van der Waals surface area contributed by atoms with Gasteiger partial charge in [-0.1, -0.05) is 146 Å². The summed E-state index contributed by atoms with van der Waals surface area (Å²) in [5, 5.41) is 3.57. The minimum Gasteiger partial charge on any atom is -0.294 e. The van der Waals surface area contributed by atoms with Crippen LogP contribution in [0.25, 0.3) is 111 Å². The van der Waals surface area contributed by atoms with E-state index >= 15 is 0 Å². The number of halogens is 6. The Labute approximate surface area is 423 Å². The van der Waals surface area contributed by atoms with Gasteiger partial charge < -0.3 is 0 Å². The molecule has 0 aliphatic carbocycles. The van der Waals surface area contributed by atoms with E-state index < -0.39 is 23.5 Å². The van der Waals surface area contributed by atoms with Gasteiger partial charge in [0.05, 0.1) is 33.2 Å². The lowest BCUT2D eigenvalue weighted by Crippen LogP contribution is -2.11. The fourth-order valence-electron chi connectivity index (χ4n) is 10.8. The van der Waals surface area contributed by atoms with Gasteiger partial charge in [0.15, 0.2) is 0 Å². The number of benzene rings is 9. The first kappa shape index (κ1) is 46.4. The normalized spacial score (nSPS) is 12.2. The van der Waals surface area contributed by atoms with Crippen molar-refractivity contribution < 1.29 is 26.3 Å². The van der Waals surface area contributed by atoms with Gasteiger partial charge >= 0.3 is 12.4 Å². The molecule has 0 spiro atoms. The number of hydrogen-bond acceptors (Lipinski definition) is 1. The molecule has 0 amide bonds. The van der Waals surface area contributed by atoms with E-state index in [1.54, 1.807) is 12.1 Å². The molecule has 12 rings (SSSR count). The number of alkyl halides is 6. The standard InChI is InChI=1S/C65H45F6N3/c1-38-13-5-9-17-50(38)42-21-25-54-55-26-22-43(51-18-10-6-14-39(51)2)32-59(55)73(58(54)31-42)62-35-47(46-29-48(64(66,67)68)37-49(30-46)65(69,70)71)36-63(72-62)74-60-33-44(52-19-11-7-15-40(52)3)23-27-56(60)57-28-24-45(34-61(57)74)53-20-12-8-16-41(53)4/h5-37H,1-4H3. The molecule has 12 aromatic rings. The van der Waals surface area contributed by atoms with Crippen molar-refractivity contribution in [3.63, 3.8) is 0 Å². The van der Waals surface area contributed by atoms with Gasteiger partial charge in [-0.05, 0) is 160 Å². The molecule has 0 saturated carbocycles. The molecule has 74 heavy (non-hydrogen) atoms. The maximum Gasteiger partial charge on any atom is 0.416 e. The second-order valence-electron chi connectivity index (χ2n) is 19.2. The Morgan fingerprint density at radius 2 is 0.568 bits per heavy atom. The van der Waals surface area contributed by atoms with Crippen molar-refractivity contribution in [3.8, 4) is 67.3 Å². The molecule has 0 fully saturated rings. The molecule has 3 heterocycles. The number of nitrogens with zero attached hydrogens (tertiary/aromatic N) is 3. The lowest BCUT2D eigenvalue weighted by Gasteiger charge is -2.18. The third-order valence-electron chi connectivity index (χ3n) is 14.5. The summed E-state index contributed by atoms with van der Waals surface area (Å²) in [6, 6.07) is 62.3. The fraction of sp³-hybridized carbons (Fsp3) is 0.0923. The molecule has 0 saturated heterocycles. The van der Waals surface area contributed by atoms with Crippen LogP contribution in [0.4, 0.5) is 26.3 Å². The topological polar surface area (TPSA) is 22.8 Å². The molecule has 0 radical (unpaired) electrons. The summed E-state index contributed by atoms with van der Waals surface area (Å²) in [6.07, 6.45) is -10.2. The second-order valence-corrected chi connectivity index (χ2v) is 19.2. The number of pyridine rings is 1. The number of rotatable bonds is 7. The largest absolute Gasteiger partial charge is 0.416 e. The summed E-state index contributed by atoms with van der Waals surface area (Å²) in [4.78, 5) is 5.55. The summed E-state index contributed by atoms with van der Waals surface area (Å²) in [5.41, 5.74) is 12.0. The van der Waals surface area contributed by atoms with Crippen LogP contribution in [0.2, 0.25) is 0 Å². The van der Waals surface area contributed by atoms with Crippen molar-refractivity contribution in [2.24, 2.45) is 0 Å². The first-order valence-electron chi connectivity index (χ1n) is 24.3.